The van der Waals surface area contributed by atoms with E-state index >= 15 is 0 Å². The van der Waals surface area contributed by atoms with Gasteiger partial charge in [-0.15, -0.1) is 0 Å². The second kappa shape index (κ2) is 3.93. The smallest absolute Gasteiger partial charge is 0.211 e. The molecule has 10 heavy (non-hydrogen) atoms. The first-order valence-electron chi connectivity index (χ1n) is 3.48. The summed E-state index contributed by atoms with van der Waals surface area (Å²) in [6.07, 6.45) is 0.669. The molecule has 0 aromatic heterocycles. The second-order valence-corrected chi connectivity index (χ2v) is 4.46. The van der Waals surface area contributed by atoms with Gasteiger partial charge in [-0.25, -0.2) is 13.1 Å². The Kier molecular flexibility index (Phi) is 3.89. The molecule has 0 radical (unpaired) electrons. The highest BCUT2D eigenvalue weighted by molar-refractivity contribution is 7.89. The Hall–Kier alpha value is -0.0900. The molecule has 0 atom stereocenters. The quantitative estimate of drug-likeness (QED) is 0.667. The van der Waals surface area contributed by atoms with Gasteiger partial charge in [-0.05, 0) is 20.3 Å². The number of nitrogens with one attached hydrogen (secondary N) is 1. The van der Waals surface area contributed by atoms with Crippen LogP contribution in [0.4, 0.5) is 0 Å². The zero-order valence-corrected chi connectivity index (χ0v) is 7.53. The molecule has 0 amide bonds. The summed E-state index contributed by atoms with van der Waals surface area (Å²) >= 11 is 0. The van der Waals surface area contributed by atoms with Crippen LogP contribution in [-0.2, 0) is 10.0 Å². The number of sulfonamides is 1. The van der Waals surface area contributed by atoms with Crippen LogP contribution >= 0.6 is 0 Å². The summed E-state index contributed by atoms with van der Waals surface area (Å²) in [5.41, 5.74) is 0. The van der Waals surface area contributed by atoms with Crippen molar-refractivity contribution < 1.29 is 8.42 Å². The molecule has 0 saturated heterocycles. The molecule has 0 fully saturated rings. The average Bonchev–Trinajstić information content (AvgIpc) is 1.59. The minimum Gasteiger partial charge on any atom is -0.213 e. The standard InChI is InChI=1S/C6H15NO2S/c1-4-5-10(8,9)7-6(2)3/h6-7H,4-5H2,1-3H3. The summed E-state index contributed by atoms with van der Waals surface area (Å²) in [5, 5.41) is 0. The Morgan fingerprint density at radius 3 is 2.20 bits per heavy atom. The molecule has 0 aromatic carbocycles. The van der Waals surface area contributed by atoms with Gasteiger partial charge in [-0.1, -0.05) is 6.92 Å². The van der Waals surface area contributed by atoms with Crippen LogP contribution in [0.15, 0.2) is 0 Å². The zero-order chi connectivity index (χ0) is 8.20. The lowest BCUT2D eigenvalue weighted by Gasteiger charge is -2.07. The first-order valence-corrected chi connectivity index (χ1v) is 5.13. The zero-order valence-electron chi connectivity index (χ0n) is 6.72. The lowest BCUT2D eigenvalue weighted by Crippen LogP contribution is -2.32. The first kappa shape index (κ1) is 9.91. The highest BCUT2D eigenvalue weighted by Gasteiger charge is 2.08. The van der Waals surface area contributed by atoms with E-state index in [2.05, 4.69) is 4.72 Å². The van der Waals surface area contributed by atoms with Gasteiger partial charge in [0.1, 0.15) is 0 Å². The molecule has 1 N–H and O–H groups in total. The van der Waals surface area contributed by atoms with E-state index in [4.69, 9.17) is 0 Å². The third-order valence-electron chi connectivity index (χ3n) is 0.888. The molecule has 0 unspecified atom stereocenters. The maximum Gasteiger partial charge on any atom is 0.211 e. The summed E-state index contributed by atoms with van der Waals surface area (Å²) in [5.74, 6) is 0.227. The van der Waals surface area contributed by atoms with Crippen LogP contribution in [0.1, 0.15) is 27.2 Å². The third kappa shape index (κ3) is 4.76. The molecule has 0 rings (SSSR count). The van der Waals surface area contributed by atoms with Gasteiger partial charge in [0.25, 0.3) is 0 Å². The highest BCUT2D eigenvalue weighted by Crippen LogP contribution is 1.90. The van der Waals surface area contributed by atoms with E-state index in [9.17, 15) is 8.42 Å². The first-order chi connectivity index (χ1) is 4.48. The largest absolute Gasteiger partial charge is 0.213 e. The van der Waals surface area contributed by atoms with E-state index in [1.165, 1.54) is 0 Å². The van der Waals surface area contributed by atoms with E-state index in [1.807, 2.05) is 20.8 Å². The van der Waals surface area contributed by atoms with Crippen LogP contribution in [0.3, 0.4) is 0 Å². The van der Waals surface area contributed by atoms with Crippen molar-refractivity contribution in [2.24, 2.45) is 0 Å². The van der Waals surface area contributed by atoms with Crippen molar-refractivity contribution in [2.45, 2.75) is 33.2 Å². The van der Waals surface area contributed by atoms with Crippen LogP contribution in [-0.4, -0.2) is 20.2 Å². The molecule has 0 aliphatic rings. The van der Waals surface area contributed by atoms with Gasteiger partial charge in [0.05, 0.1) is 5.75 Å². The van der Waals surface area contributed by atoms with E-state index in [1.54, 1.807) is 0 Å². The monoisotopic (exact) mass is 165 g/mol. The average molecular weight is 165 g/mol. The lowest BCUT2D eigenvalue weighted by molar-refractivity contribution is 0.568. The van der Waals surface area contributed by atoms with Gasteiger partial charge in [-0.3, -0.25) is 0 Å². The molecule has 0 aliphatic carbocycles. The van der Waals surface area contributed by atoms with Crippen LogP contribution in [0.5, 0.6) is 0 Å². The van der Waals surface area contributed by atoms with Gasteiger partial charge in [0.15, 0.2) is 0 Å². The summed E-state index contributed by atoms with van der Waals surface area (Å²) in [6.45, 7) is 5.47. The van der Waals surface area contributed by atoms with Crippen molar-refractivity contribution in [1.29, 1.82) is 0 Å². The minimum atomic E-state index is -2.98. The van der Waals surface area contributed by atoms with Gasteiger partial charge in [-0.2, -0.15) is 0 Å². The van der Waals surface area contributed by atoms with E-state index in [-0.39, 0.29) is 11.8 Å². The summed E-state index contributed by atoms with van der Waals surface area (Å²) in [4.78, 5) is 0. The lowest BCUT2D eigenvalue weighted by atomic mass is 10.4. The Morgan fingerprint density at radius 2 is 1.90 bits per heavy atom. The number of hydrogen-bond donors (Lipinski definition) is 1. The fourth-order valence-corrected chi connectivity index (χ4v) is 2.06. The molecule has 0 heterocycles. The van der Waals surface area contributed by atoms with Gasteiger partial charge >= 0.3 is 0 Å². The van der Waals surface area contributed by atoms with Crippen molar-refractivity contribution in [2.75, 3.05) is 5.75 Å². The van der Waals surface area contributed by atoms with E-state index in [0.717, 1.165) is 0 Å². The Morgan fingerprint density at radius 1 is 1.40 bits per heavy atom. The van der Waals surface area contributed by atoms with Crippen LogP contribution in [0.25, 0.3) is 0 Å². The highest BCUT2D eigenvalue weighted by atomic mass is 32.2. The van der Waals surface area contributed by atoms with Crippen LogP contribution in [0.2, 0.25) is 0 Å². The van der Waals surface area contributed by atoms with Gasteiger partial charge in [0.2, 0.25) is 10.0 Å². The topological polar surface area (TPSA) is 46.2 Å². The molecule has 0 aromatic rings. The Bertz CT molecular complexity index is 172. The molecule has 0 saturated carbocycles. The van der Waals surface area contributed by atoms with Crippen LogP contribution < -0.4 is 4.72 Å². The molecule has 0 aliphatic heterocycles. The molecule has 62 valence electrons. The Labute approximate surface area is 62.9 Å². The number of hydrogen-bond acceptors (Lipinski definition) is 2. The Balaban J connectivity index is 3.89. The summed E-state index contributed by atoms with van der Waals surface area (Å²) in [7, 11) is -2.98. The van der Waals surface area contributed by atoms with Gasteiger partial charge < -0.3 is 0 Å². The second-order valence-electron chi connectivity index (χ2n) is 2.59. The van der Waals surface area contributed by atoms with Crippen LogP contribution in [0, 0.1) is 0 Å². The molecule has 0 spiro atoms. The molecule has 4 heteroatoms. The molecular formula is C6H15NO2S. The summed E-state index contributed by atoms with van der Waals surface area (Å²) < 4.78 is 24.4. The van der Waals surface area contributed by atoms with E-state index in [0.29, 0.717) is 6.42 Å². The van der Waals surface area contributed by atoms with Crippen molar-refractivity contribution in [3.63, 3.8) is 0 Å². The fraction of sp³-hybridized carbons (Fsp3) is 1.00. The molecular weight excluding hydrogens is 150 g/mol. The van der Waals surface area contributed by atoms with Gasteiger partial charge in [0, 0.05) is 6.04 Å². The third-order valence-corrected chi connectivity index (χ3v) is 2.66. The normalized spacial score (nSPS) is 12.4. The fourth-order valence-electron chi connectivity index (χ4n) is 0.687. The molecule has 3 nitrogen and oxygen atoms in total. The van der Waals surface area contributed by atoms with Crippen molar-refractivity contribution >= 4 is 10.0 Å². The maximum atomic E-state index is 10.9. The maximum absolute atomic E-state index is 10.9. The summed E-state index contributed by atoms with van der Waals surface area (Å²) in [6, 6.07) is 0.0107. The number of rotatable bonds is 4. The predicted molar refractivity (Wildman–Crippen MR) is 42.3 cm³/mol. The van der Waals surface area contributed by atoms with Crippen molar-refractivity contribution in [1.82, 2.24) is 4.72 Å². The van der Waals surface area contributed by atoms with E-state index < -0.39 is 10.0 Å². The van der Waals surface area contributed by atoms with Crippen molar-refractivity contribution in [3.05, 3.63) is 0 Å². The minimum absolute atomic E-state index is 0.0107. The SMILES string of the molecule is CCCS(=O)(=O)NC(C)C. The van der Waals surface area contributed by atoms with Crippen molar-refractivity contribution in [3.8, 4) is 0 Å². The molecule has 0 bridgehead atoms. The predicted octanol–water partition coefficient (Wildman–Crippen LogP) is 0.724.